The molecule has 2 rings (SSSR count). The lowest BCUT2D eigenvalue weighted by atomic mass is 10.2. The Morgan fingerprint density at radius 2 is 2.00 bits per heavy atom. The highest BCUT2D eigenvalue weighted by atomic mass is 16.5. The second-order valence-electron chi connectivity index (χ2n) is 2.53. The van der Waals surface area contributed by atoms with Crippen molar-refractivity contribution in [3.05, 3.63) is 42.1 Å². The molecule has 0 aliphatic carbocycles. The molecule has 1 aliphatic heterocycles. The minimum Gasteiger partial charge on any atom is -0.337 e. The van der Waals surface area contributed by atoms with Crippen LogP contribution in [0.15, 0.2) is 30.3 Å². The van der Waals surface area contributed by atoms with E-state index in [4.69, 9.17) is 4.74 Å². The highest BCUT2D eigenvalue weighted by Crippen LogP contribution is 2.15. The molecule has 0 saturated carbocycles. The largest absolute Gasteiger partial charge is 0.337 e. The lowest BCUT2D eigenvalue weighted by molar-refractivity contribution is -0.119. The van der Waals surface area contributed by atoms with E-state index in [1.165, 1.54) is 0 Å². The zero-order valence-electron chi connectivity index (χ0n) is 6.41. The third-order valence-electron chi connectivity index (χ3n) is 1.64. The Bertz CT molecular complexity index is 284. The maximum atomic E-state index is 10.8. The van der Waals surface area contributed by atoms with Gasteiger partial charge >= 0.3 is 0 Å². The highest BCUT2D eigenvalue weighted by molar-refractivity contribution is 5.81. The molecule has 1 aromatic rings. The quantitative estimate of drug-likeness (QED) is 0.659. The van der Waals surface area contributed by atoms with Gasteiger partial charge in [-0.15, -0.1) is 0 Å². The van der Waals surface area contributed by atoms with Gasteiger partial charge in [-0.25, -0.2) is 0 Å². The van der Waals surface area contributed by atoms with Gasteiger partial charge in [-0.2, -0.15) is 0 Å². The minimum atomic E-state index is -0.0890. The van der Waals surface area contributed by atoms with E-state index in [-0.39, 0.29) is 12.5 Å². The molecule has 1 N–H and O–H groups in total. The number of rotatable bonds is 1. The maximum Gasteiger partial charge on any atom is 0.248 e. The topological polar surface area (TPSA) is 38.3 Å². The number of benzene rings is 1. The first-order chi connectivity index (χ1) is 5.86. The van der Waals surface area contributed by atoms with Crippen molar-refractivity contribution in [3.63, 3.8) is 0 Å². The van der Waals surface area contributed by atoms with E-state index < -0.39 is 0 Å². The van der Waals surface area contributed by atoms with Crippen LogP contribution in [-0.2, 0) is 9.53 Å². The molecular weight excluding hydrogens is 154 g/mol. The predicted octanol–water partition coefficient (Wildman–Crippen LogP) is 0.671. The molecule has 1 heterocycles. The van der Waals surface area contributed by atoms with Crippen LogP contribution < -0.4 is 5.32 Å². The molecule has 3 heteroatoms. The number of hydrogen-bond donors (Lipinski definition) is 1. The van der Waals surface area contributed by atoms with Crippen molar-refractivity contribution in [2.24, 2.45) is 0 Å². The van der Waals surface area contributed by atoms with Gasteiger partial charge in [0.1, 0.15) is 6.61 Å². The Balaban J connectivity index is 2.16. The van der Waals surface area contributed by atoms with Crippen LogP contribution in [0.3, 0.4) is 0 Å². The van der Waals surface area contributed by atoms with E-state index in [0.717, 1.165) is 5.56 Å². The van der Waals surface area contributed by atoms with E-state index in [1.807, 2.05) is 30.3 Å². The molecule has 1 aliphatic rings. The Kier molecular flexibility index (Phi) is 1.80. The summed E-state index contributed by atoms with van der Waals surface area (Å²) in [6.45, 7) is 0.129. The number of carbonyl (C=O) groups excluding carboxylic acids is 1. The van der Waals surface area contributed by atoms with Crippen LogP contribution in [0.1, 0.15) is 5.56 Å². The van der Waals surface area contributed by atoms with Gasteiger partial charge in [-0.05, 0) is 0 Å². The summed E-state index contributed by atoms with van der Waals surface area (Å²) < 4.78 is 5.11. The Morgan fingerprint density at radius 1 is 1.25 bits per heavy atom. The third-order valence-corrected chi connectivity index (χ3v) is 1.64. The number of ether oxygens (including phenoxy) is 1. The van der Waals surface area contributed by atoms with Crippen molar-refractivity contribution in [1.29, 1.82) is 0 Å². The van der Waals surface area contributed by atoms with E-state index in [9.17, 15) is 4.79 Å². The third kappa shape index (κ3) is 1.31. The van der Waals surface area contributed by atoms with Gasteiger partial charge in [-0.1, -0.05) is 30.3 Å². The molecule has 0 bridgehead atoms. The normalized spacial score (nSPS) is 17.8. The summed E-state index contributed by atoms with van der Waals surface area (Å²) in [5.41, 5.74) is 0.906. The van der Waals surface area contributed by atoms with Gasteiger partial charge in [0, 0.05) is 5.56 Å². The standard InChI is InChI=1S/C9H8NO2/c11-8-6-12-9(10-8)7-4-2-1-3-5-7/h1-5H,6H2,(H,10,11). The van der Waals surface area contributed by atoms with Gasteiger partial charge < -0.3 is 10.1 Å². The van der Waals surface area contributed by atoms with E-state index in [2.05, 4.69) is 5.32 Å². The summed E-state index contributed by atoms with van der Waals surface area (Å²) in [6, 6.07) is 9.50. The lowest BCUT2D eigenvalue weighted by Crippen LogP contribution is -2.19. The first-order valence-electron chi connectivity index (χ1n) is 3.71. The first kappa shape index (κ1) is 7.31. The summed E-state index contributed by atoms with van der Waals surface area (Å²) in [6.07, 6.45) is 0.556. The molecule has 3 nitrogen and oxygen atoms in total. The van der Waals surface area contributed by atoms with Crippen LogP contribution in [0.25, 0.3) is 0 Å². The van der Waals surface area contributed by atoms with Crippen LogP contribution >= 0.6 is 0 Å². The summed E-state index contributed by atoms with van der Waals surface area (Å²) in [7, 11) is 0. The second-order valence-corrected chi connectivity index (χ2v) is 2.53. The number of hydrogen-bond acceptors (Lipinski definition) is 2. The summed E-state index contributed by atoms with van der Waals surface area (Å²) in [5, 5.41) is 2.63. The molecule has 61 valence electrons. The van der Waals surface area contributed by atoms with Crippen LogP contribution in [0.5, 0.6) is 0 Å². The molecule has 1 aromatic carbocycles. The molecule has 0 aromatic heterocycles. The van der Waals surface area contributed by atoms with Crippen LogP contribution in [-0.4, -0.2) is 12.5 Å². The molecule has 1 amide bonds. The minimum absolute atomic E-state index is 0.0890. The van der Waals surface area contributed by atoms with Crippen molar-refractivity contribution < 1.29 is 9.53 Å². The maximum absolute atomic E-state index is 10.8. The average molecular weight is 162 g/mol. The number of nitrogens with one attached hydrogen (secondary N) is 1. The zero-order chi connectivity index (χ0) is 8.39. The first-order valence-corrected chi connectivity index (χ1v) is 3.71. The average Bonchev–Trinajstić information content (AvgIpc) is 2.54. The lowest BCUT2D eigenvalue weighted by Gasteiger charge is -2.05. The molecule has 0 atom stereocenters. The van der Waals surface area contributed by atoms with Crippen molar-refractivity contribution in [2.45, 2.75) is 0 Å². The molecule has 1 fully saturated rings. The Hall–Kier alpha value is -1.35. The zero-order valence-corrected chi connectivity index (χ0v) is 6.41. The van der Waals surface area contributed by atoms with Crippen molar-refractivity contribution >= 4 is 5.91 Å². The fourth-order valence-electron chi connectivity index (χ4n) is 1.08. The predicted molar refractivity (Wildman–Crippen MR) is 42.9 cm³/mol. The van der Waals surface area contributed by atoms with Crippen LogP contribution in [0, 0.1) is 6.23 Å². The van der Waals surface area contributed by atoms with Crippen molar-refractivity contribution in [1.82, 2.24) is 5.32 Å². The van der Waals surface area contributed by atoms with Gasteiger partial charge in [0.15, 0.2) is 0 Å². The van der Waals surface area contributed by atoms with E-state index in [1.54, 1.807) is 0 Å². The monoisotopic (exact) mass is 162 g/mol. The van der Waals surface area contributed by atoms with Gasteiger partial charge in [0.2, 0.25) is 12.1 Å². The Labute approximate surface area is 70.3 Å². The molecule has 0 spiro atoms. The fourth-order valence-corrected chi connectivity index (χ4v) is 1.08. The number of carbonyl (C=O) groups is 1. The molecule has 12 heavy (non-hydrogen) atoms. The molecule has 1 saturated heterocycles. The van der Waals surface area contributed by atoms with E-state index in [0.29, 0.717) is 6.23 Å². The fraction of sp³-hybridized carbons (Fsp3) is 0.111. The molecule has 1 radical (unpaired) electrons. The Morgan fingerprint density at radius 3 is 2.58 bits per heavy atom. The summed E-state index contributed by atoms with van der Waals surface area (Å²) in [5.74, 6) is -0.0890. The smallest absolute Gasteiger partial charge is 0.248 e. The summed E-state index contributed by atoms with van der Waals surface area (Å²) in [4.78, 5) is 10.8. The van der Waals surface area contributed by atoms with Crippen molar-refractivity contribution in [3.8, 4) is 0 Å². The van der Waals surface area contributed by atoms with Crippen molar-refractivity contribution in [2.75, 3.05) is 6.61 Å². The molecular formula is C9H8NO2. The number of amides is 1. The van der Waals surface area contributed by atoms with Crippen LogP contribution in [0.2, 0.25) is 0 Å². The molecule has 0 unspecified atom stereocenters. The summed E-state index contributed by atoms with van der Waals surface area (Å²) >= 11 is 0. The second kappa shape index (κ2) is 2.95. The van der Waals surface area contributed by atoms with Gasteiger partial charge in [0.05, 0.1) is 0 Å². The van der Waals surface area contributed by atoms with Crippen LogP contribution in [0.4, 0.5) is 0 Å². The van der Waals surface area contributed by atoms with Gasteiger partial charge in [-0.3, -0.25) is 4.79 Å². The SMILES string of the molecule is O=C1CO[C](c2ccccc2)N1. The van der Waals surface area contributed by atoms with E-state index >= 15 is 0 Å². The highest BCUT2D eigenvalue weighted by Gasteiger charge is 2.23. The van der Waals surface area contributed by atoms with Gasteiger partial charge in [0.25, 0.3) is 0 Å².